The van der Waals surface area contributed by atoms with Gasteiger partial charge < -0.3 is 9.88 Å². The zero-order valence-electron chi connectivity index (χ0n) is 10.7. The predicted molar refractivity (Wildman–Crippen MR) is 72.3 cm³/mol. The number of hydrogen-bond acceptors (Lipinski definition) is 2. The van der Waals surface area contributed by atoms with Crippen molar-refractivity contribution in [2.45, 2.75) is 38.4 Å². The Morgan fingerprint density at radius 2 is 2.17 bits per heavy atom. The van der Waals surface area contributed by atoms with Crippen LogP contribution >= 0.6 is 0 Å². The molecular weight excluding hydrogens is 222 g/mol. The van der Waals surface area contributed by atoms with Gasteiger partial charge in [0.1, 0.15) is 5.82 Å². The third-order valence-corrected chi connectivity index (χ3v) is 3.68. The third-order valence-electron chi connectivity index (χ3n) is 3.68. The number of rotatable bonds is 5. The van der Waals surface area contributed by atoms with Gasteiger partial charge in [0.05, 0.1) is 6.54 Å². The molecule has 3 heteroatoms. The normalized spacial score (nSPS) is 22.1. The second kappa shape index (κ2) is 4.94. The van der Waals surface area contributed by atoms with Gasteiger partial charge in [0, 0.05) is 30.9 Å². The highest BCUT2D eigenvalue weighted by molar-refractivity contribution is 5.27. The van der Waals surface area contributed by atoms with Gasteiger partial charge in [-0.3, -0.25) is 0 Å². The second-order valence-electron chi connectivity index (χ2n) is 4.87. The minimum absolute atomic E-state index is 0.620. The zero-order chi connectivity index (χ0) is 12.4. The molecule has 1 aliphatic rings. The maximum Gasteiger partial charge on any atom is 0.122 e. The maximum absolute atomic E-state index is 4.39. The van der Waals surface area contributed by atoms with Gasteiger partial charge in [-0.15, -0.1) is 0 Å². The fraction of sp³-hybridized carbons (Fsp3) is 0.400. The van der Waals surface area contributed by atoms with Crippen LogP contribution in [0.15, 0.2) is 42.7 Å². The molecule has 1 fully saturated rings. The van der Waals surface area contributed by atoms with Crippen LogP contribution in [0.3, 0.4) is 0 Å². The number of nitrogens with zero attached hydrogens (tertiary/aromatic N) is 2. The molecule has 2 unspecified atom stereocenters. The van der Waals surface area contributed by atoms with E-state index in [1.54, 1.807) is 0 Å². The van der Waals surface area contributed by atoms with Crippen molar-refractivity contribution in [3.05, 3.63) is 54.1 Å². The Hall–Kier alpha value is -1.61. The van der Waals surface area contributed by atoms with Gasteiger partial charge in [-0.2, -0.15) is 0 Å². The first kappa shape index (κ1) is 11.5. The number of aromatic nitrogens is 2. The molecule has 94 valence electrons. The Morgan fingerprint density at radius 3 is 2.94 bits per heavy atom. The summed E-state index contributed by atoms with van der Waals surface area (Å²) < 4.78 is 2.19. The first-order valence-electron chi connectivity index (χ1n) is 6.67. The molecule has 1 N–H and O–H groups in total. The highest BCUT2D eigenvalue weighted by atomic mass is 15.1. The van der Waals surface area contributed by atoms with Crippen LogP contribution in [-0.2, 0) is 13.1 Å². The predicted octanol–water partition coefficient (Wildman–Crippen LogP) is 2.55. The highest BCUT2D eigenvalue weighted by Gasteiger charge is 2.37. The van der Waals surface area contributed by atoms with Crippen LogP contribution in [0.5, 0.6) is 0 Å². The van der Waals surface area contributed by atoms with E-state index in [0.717, 1.165) is 18.9 Å². The van der Waals surface area contributed by atoms with E-state index in [-0.39, 0.29) is 0 Å². The van der Waals surface area contributed by atoms with E-state index in [9.17, 15) is 0 Å². The lowest BCUT2D eigenvalue weighted by atomic mass is 10.1. The van der Waals surface area contributed by atoms with E-state index in [0.29, 0.717) is 12.0 Å². The van der Waals surface area contributed by atoms with Gasteiger partial charge in [-0.05, 0) is 18.9 Å². The summed E-state index contributed by atoms with van der Waals surface area (Å²) in [6.07, 6.45) is 5.16. The minimum atomic E-state index is 0.620. The molecule has 0 bridgehead atoms. The second-order valence-corrected chi connectivity index (χ2v) is 4.87. The molecule has 1 aliphatic carbocycles. The van der Waals surface area contributed by atoms with Crippen molar-refractivity contribution in [1.82, 2.24) is 14.9 Å². The Labute approximate surface area is 108 Å². The van der Waals surface area contributed by atoms with Gasteiger partial charge in [0.2, 0.25) is 0 Å². The van der Waals surface area contributed by atoms with Crippen molar-refractivity contribution >= 4 is 0 Å². The van der Waals surface area contributed by atoms with Gasteiger partial charge in [0.25, 0.3) is 0 Å². The standard InChI is InChI=1S/C15H19N3/c1-2-18-9-8-16-15(18)11-17-14-10-13(14)12-6-4-3-5-7-12/h3-9,13-14,17H,2,10-11H2,1H3. The summed E-state index contributed by atoms with van der Waals surface area (Å²) in [6, 6.07) is 11.4. The van der Waals surface area contributed by atoms with Crippen molar-refractivity contribution in [1.29, 1.82) is 0 Å². The number of benzene rings is 1. The van der Waals surface area contributed by atoms with E-state index < -0.39 is 0 Å². The molecule has 0 radical (unpaired) electrons. The molecule has 2 atom stereocenters. The van der Waals surface area contributed by atoms with Crippen LogP contribution < -0.4 is 5.32 Å². The average Bonchev–Trinajstić information content (AvgIpc) is 3.06. The van der Waals surface area contributed by atoms with Crippen LogP contribution in [0, 0.1) is 0 Å². The highest BCUT2D eigenvalue weighted by Crippen LogP contribution is 2.40. The smallest absolute Gasteiger partial charge is 0.122 e. The molecular formula is C15H19N3. The number of hydrogen-bond donors (Lipinski definition) is 1. The summed E-state index contributed by atoms with van der Waals surface area (Å²) in [5.74, 6) is 1.83. The molecule has 3 rings (SSSR count). The Balaban J connectivity index is 1.55. The lowest BCUT2D eigenvalue weighted by molar-refractivity contribution is 0.603. The van der Waals surface area contributed by atoms with Gasteiger partial charge in [-0.25, -0.2) is 4.98 Å². The van der Waals surface area contributed by atoms with Crippen molar-refractivity contribution in [2.75, 3.05) is 0 Å². The van der Waals surface area contributed by atoms with Crippen molar-refractivity contribution in [3.63, 3.8) is 0 Å². The zero-order valence-corrected chi connectivity index (χ0v) is 10.7. The summed E-state index contributed by atoms with van der Waals surface area (Å²) in [4.78, 5) is 4.39. The summed E-state index contributed by atoms with van der Waals surface area (Å²) in [5, 5.41) is 3.60. The van der Waals surface area contributed by atoms with Crippen molar-refractivity contribution in [3.8, 4) is 0 Å². The SMILES string of the molecule is CCn1ccnc1CNC1CC1c1ccccc1. The molecule has 3 nitrogen and oxygen atoms in total. The number of imidazole rings is 1. The van der Waals surface area contributed by atoms with Crippen LogP contribution in [-0.4, -0.2) is 15.6 Å². The molecule has 0 saturated heterocycles. The van der Waals surface area contributed by atoms with Crippen molar-refractivity contribution < 1.29 is 0 Å². The Morgan fingerprint density at radius 1 is 1.33 bits per heavy atom. The minimum Gasteiger partial charge on any atom is -0.334 e. The monoisotopic (exact) mass is 241 g/mol. The quantitative estimate of drug-likeness (QED) is 0.872. The Bertz CT molecular complexity index is 503. The van der Waals surface area contributed by atoms with Crippen LogP contribution in [0.4, 0.5) is 0 Å². The van der Waals surface area contributed by atoms with Crippen molar-refractivity contribution in [2.24, 2.45) is 0 Å². The molecule has 1 aromatic heterocycles. The Kier molecular flexibility index (Phi) is 3.15. The number of aryl methyl sites for hydroxylation is 1. The lowest BCUT2D eigenvalue weighted by Crippen LogP contribution is -2.20. The molecule has 18 heavy (non-hydrogen) atoms. The fourth-order valence-corrected chi connectivity index (χ4v) is 2.51. The van der Waals surface area contributed by atoms with E-state index >= 15 is 0 Å². The summed E-state index contributed by atoms with van der Waals surface area (Å²) in [6.45, 7) is 4.01. The van der Waals surface area contributed by atoms with Gasteiger partial charge in [-0.1, -0.05) is 30.3 Å². The summed E-state index contributed by atoms with van der Waals surface area (Å²) in [5.41, 5.74) is 1.45. The molecule has 2 aromatic rings. The lowest BCUT2D eigenvalue weighted by Gasteiger charge is -2.06. The fourth-order valence-electron chi connectivity index (χ4n) is 2.51. The maximum atomic E-state index is 4.39. The van der Waals surface area contributed by atoms with Crippen LogP contribution in [0.2, 0.25) is 0 Å². The van der Waals surface area contributed by atoms with E-state index in [2.05, 4.69) is 52.1 Å². The first-order valence-corrected chi connectivity index (χ1v) is 6.67. The number of nitrogens with one attached hydrogen (secondary N) is 1. The van der Waals surface area contributed by atoms with Crippen LogP contribution in [0.1, 0.15) is 30.7 Å². The molecule has 1 aromatic carbocycles. The van der Waals surface area contributed by atoms with E-state index in [1.165, 1.54) is 12.0 Å². The average molecular weight is 241 g/mol. The molecule has 0 spiro atoms. The molecule has 1 saturated carbocycles. The first-order chi connectivity index (χ1) is 8.88. The summed E-state index contributed by atoms with van der Waals surface area (Å²) in [7, 11) is 0. The molecule has 0 aliphatic heterocycles. The van der Waals surface area contributed by atoms with Gasteiger partial charge in [0.15, 0.2) is 0 Å². The molecule has 0 amide bonds. The topological polar surface area (TPSA) is 29.9 Å². The van der Waals surface area contributed by atoms with Gasteiger partial charge >= 0.3 is 0 Å². The molecule has 1 heterocycles. The van der Waals surface area contributed by atoms with E-state index in [1.807, 2.05) is 12.4 Å². The van der Waals surface area contributed by atoms with E-state index in [4.69, 9.17) is 0 Å². The summed E-state index contributed by atoms with van der Waals surface area (Å²) >= 11 is 0. The largest absolute Gasteiger partial charge is 0.334 e. The third kappa shape index (κ3) is 2.31. The van der Waals surface area contributed by atoms with Crippen LogP contribution in [0.25, 0.3) is 0 Å².